The van der Waals surface area contributed by atoms with Crippen molar-refractivity contribution >= 4 is 0 Å². The Morgan fingerprint density at radius 1 is 1.24 bits per heavy atom. The van der Waals surface area contributed by atoms with Gasteiger partial charge < -0.3 is 5.73 Å². The number of rotatable bonds is 2. The monoisotopic (exact) mass is 282 g/mol. The number of fused-ring (bicyclic) bond motifs is 1. The molecule has 0 amide bonds. The second-order valence-electron chi connectivity index (χ2n) is 5.17. The molecule has 3 rings (SSSR count). The highest BCUT2D eigenvalue weighted by Gasteiger charge is 2.16. The van der Waals surface area contributed by atoms with Gasteiger partial charge in [-0.15, -0.1) is 0 Å². The maximum absolute atomic E-state index is 12.3. The lowest BCUT2D eigenvalue weighted by Crippen LogP contribution is -2.27. The van der Waals surface area contributed by atoms with E-state index in [0.717, 1.165) is 42.8 Å². The van der Waals surface area contributed by atoms with Crippen molar-refractivity contribution in [2.45, 2.75) is 32.4 Å². The number of nitrogens with zero attached hydrogens (tertiary/aromatic N) is 3. The Bertz CT molecular complexity index is 743. The van der Waals surface area contributed by atoms with Gasteiger partial charge in [-0.3, -0.25) is 4.57 Å². The van der Waals surface area contributed by atoms with Crippen molar-refractivity contribution in [3.05, 3.63) is 51.7 Å². The molecule has 1 aromatic heterocycles. The van der Waals surface area contributed by atoms with E-state index in [1.165, 1.54) is 0 Å². The minimum atomic E-state index is -0.00306. The molecule has 108 valence electrons. The van der Waals surface area contributed by atoms with E-state index >= 15 is 0 Å². The SMILES string of the molecule is NCC#Cc1ccc(Cn2nc3n(c2=O)CCCC3)cc1. The van der Waals surface area contributed by atoms with Gasteiger partial charge in [-0.25, -0.2) is 9.48 Å². The average molecular weight is 282 g/mol. The summed E-state index contributed by atoms with van der Waals surface area (Å²) >= 11 is 0. The van der Waals surface area contributed by atoms with Crippen LogP contribution in [-0.4, -0.2) is 20.9 Å². The topological polar surface area (TPSA) is 65.8 Å². The Morgan fingerprint density at radius 2 is 2.05 bits per heavy atom. The first kappa shape index (κ1) is 13.7. The molecule has 1 aromatic carbocycles. The second-order valence-corrected chi connectivity index (χ2v) is 5.17. The van der Waals surface area contributed by atoms with Gasteiger partial charge in [0, 0.05) is 18.5 Å². The molecule has 0 bridgehead atoms. The average Bonchev–Trinajstić information content (AvgIpc) is 2.83. The molecule has 5 heteroatoms. The summed E-state index contributed by atoms with van der Waals surface area (Å²) in [6.45, 7) is 1.66. The number of benzene rings is 1. The molecule has 0 fully saturated rings. The van der Waals surface area contributed by atoms with Crippen molar-refractivity contribution in [3.63, 3.8) is 0 Å². The molecule has 2 aromatic rings. The molecule has 0 atom stereocenters. The van der Waals surface area contributed by atoms with E-state index in [1.807, 2.05) is 24.3 Å². The van der Waals surface area contributed by atoms with E-state index < -0.39 is 0 Å². The van der Waals surface area contributed by atoms with Crippen molar-refractivity contribution in [3.8, 4) is 11.8 Å². The summed E-state index contributed by atoms with van der Waals surface area (Å²) in [5.41, 5.74) is 7.33. The Kier molecular flexibility index (Phi) is 3.89. The van der Waals surface area contributed by atoms with Gasteiger partial charge in [-0.05, 0) is 30.5 Å². The van der Waals surface area contributed by atoms with E-state index in [4.69, 9.17) is 5.73 Å². The third-order valence-electron chi connectivity index (χ3n) is 3.65. The highest BCUT2D eigenvalue weighted by molar-refractivity contribution is 5.36. The van der Waals surface area contributed by atoms with Crippen molar-refractivity contribution in [2.75, 3.05) is 6.54 Å². The predicted octanol–water partition coefficient (Wildman–Crippen LogP) is 0.740. The highest BCUT2D eigenvalue weighted by Crippen LogP contribution is 2.10. The first-order valence-electron chi connectivity index (χ1n) is 7.22. The molecule has 2 N–H and O–H groups in total. The van der Waals surface area contributed by atoms with E-state index in [1.54, 1.807) is 9.25 Å². The van der Waals surface area contributed by atoms with E-state index in [-0.39, 0.29) is 5.69 Å². The molecule has 1 aliphatic heterocycles. The van der Waals surface area contributed by atoms with Crippen molar-refractivity contribution in [1.82, 2.24) is 14.3 Å². The molecule has 0 unspecified atom stereocenters. The lowest BCUT2D eigenvalue weighted by molar-refractivity contribution is 0.511. The van der Waals surface area contributed by atoms with Gasteiger partial charge in [0.2, 0.25) is 0 Å². The Morgan fingerprint density at radius 3 is 2.76 bits per heavy atom. The summed E-state index contributed by atoms with van der Waals surface area (Å²) in [6, 6.07) is 7.84. The van der Waals surface area contributed by atoms with Crippen LogP contribution in [0.3, 0.4) is 0 Å². The fourth-order valence-corrected chi connectivity index (χ4v) is 2.57. The van der Waals surface area contributed by atoms with E-state index in [0.29, 0.717) is 13.1 Å². The minimum Gasteiger partial charge on any atom is -0.320 e. The third-order valence-corrected chi connectivity index (χ3v) is 3.65. The molecule has 0 saturated heterocycles. The number of aryl methyl sites for hydroxylation is 1. The van der Waals surface area contributed by atoms with Crippen LogP contribution in [0.15, 0.2) is 29.1 Å². The summed E-state index contributed by atoms with van der Waals surface area (Å²) in [4.78, 5) is 12.3. The second kappa shape index (κ2) is 5.98. The van der Waals surface area contributed by atoms with Gasteiger partial charge in [0.05, 0.1) is 13.1 Å². The van der Waals surface area contributed by atoms with Crippen LogP contribution in [0.1, 0.15) is 29.8 Å². The molecule has 0 radical (unpaired) electrons. The lowest BCUT2D eigenvalue weighted by Gasteiger charge is -2.09. The Hall–Kier alpha value is -2.32. The van der Waals surface area contributed by atoms with Gasteiger partial charge in [0.1, 0.15) is 5.82 Å². The number of hydrogen-bond donors (Lipinski definition) is 1. The van der Waals surface area contributed by atoms with Gasteiger partial charge >= 0.3 is 5.69 Å². The van der Waals surface area contributed by atoms with Crippen molar-refractivity contribution in [1.29, 1.82) is 0 Å². The highest BCUT2D eigenvalue weighted by atomic mass is 16.2. The van der Waals surface area contributed by atoms with Crippen LogP contribution in [0.4, 0.5) is 0 Å². The van der Waals surface area contributed by atoms with E-state index in [9.17, 15) is 4.79 Å². The van der Waals surface area contributed by atoms with Gasteiger partial charge in [0.15, 0.2) is 0 Å². The summed E-state index contributed by atoms with van der Waals surface area (Å²) in [5.74, 6) is 6.72. The van der Waals surface area contributed by atoms with Gasteiger partial charge in [-0.2, -0.15) is 5.10 Å². The smallest absolute Gasteiger partial charge is 0.320 e. The lowest BCUT2D eigenvalue weighted by atomic mass is 10.1. The summed E-state index contributed by atoms with van der Waals surface area (Å²) in [6.07, 6.45) is 3.08. The Balaban J connectivity index is 1.81. The van der Waals surface area contributed by atoms with Crippen LogP contribution in [-0.2, 0) is 19.5 Å². The fraction of sp³-hybridized carbons (Fsp3) is 0.375. The predicted molar refractivity (Wildman–Crippen MR) is 80.9 cm³/mol. The van der Waals surface area contributed by atoms with E-state index in [2.05, 4.69) is 16.9 Å². The number of hydrogen-bond acceptors (Lipinski definition) is 3. The summed E-state index contributed by atoms with van der Waals surface area (Å²) in [7, 11) is 0. The quantitative estimate of drug-likeness (QED) is 0.826. The number of nitrogens with two attached hydrogens (primary N) is 1. The molecule has 5 nitrogen and oxygen atoms in total. The minimum absolute atomic E-state index is 0.00306. The molecule has 0 saturated carbocycles. The molecular weight excluding hydrogens is 264 g/mol. The van der Waals surface area contributed by atoms with Crippen LogP contribution in [0.25, 0.3) is 0 Å². The zero-order chi connectivity index (χ0) is 14.7. The Labute approximate surface area is 123 Å². The molecule has 2 heterocycles. The summed E-state index contributed by atoms with van der Waals surface area (Å²) < 4.78 is 3.35. The molecule has 21 heavy (non-hydrogen) atoms. The fourth-order valence-electron chi connectivity index (χ4n) is 2.57. The van der Waals surface area contributed by atoms with Crippen molar-refractivity contribution in [2.24, 2.45) is 5.73 Å². The van der Waals surface area contributed by atoms with Crippen LogP contribution < -0.4 is 11.4 Å². The zero-order valence-corrected chi connectivity index (χ0v) is 11.9. The molecule has 0 spiro atoms. The molecule has 1 aliphatic rings. The standard InChI is InChI=1S/C16H18N4O/c17-10-3-4-13-6-8-14(9-7-13)12-20-16(21)19-11-2-1-5-15(19)18-20/h6-9H,1-2,5,10-12,17H2. The molecule has 0 aliphatic carbocycles. The maximum Gasteiger partial charge on any atom is 0.346 e. The third kappa shape index (κ3) is 2.91. The van der Waals surface area contributed by atoms with Crippen LogP contribution in [0, 0.1) is 11.8 Å². The first-order valence-corrected chi connectivity index (χ1v) is 7.22. The maximum atomic E-state index is 12.3. The van der Waals surface area contributed by atoms with Crippen LogP contribution >= 0.6 is 0 Å². The van der Waals surface area contributed by atoms with Crippen molar-refractivity contribution < 1.29 is 0 Å². The normalized spacial score (nSPS) is 13.4. The molecular formula is C16H18N4O. The van der Waals surface area contributed by atoms with Crippen LogP contribution in [0.2, 0.25) is 0 Å². The largest absolute Gasteiger partial charge is 0.346 e. The summed E-state index contributed by atoms with van der Waals surface area (Å²) in [5, 5.41) is 4.44. The first-order chi connectivity index (χ1) is 10.3. The van der Waals surface area contributed by atoms with Gasteiger partial charge in [-0.1, -0.05) is 24.0 Å². The van der Waals surface area contributed by atoms with Gasteiger partial charge in [0.25, 0.3) is 0 Å². The zero-order valence-electron chi connectivity index (χ0n) is 11.9. The number of aromatic nitrogens is 3. The van der Waals surface area contributed by atoms with Crippen LogP contribution in [0.5, 0.6) is 0 Å².